The van der Waals surface area contributed by atoms with Crippen molar-refractivity contribution in [3.05, 3.63) is 103 Å². The van der Waals surface area contributed by atoms with E-state index in [0.29, 0.717) is 43.0 Å². The number of halogens is 3. The van der Waals surface area contributed by atoms with Gasteiger partial charge in [0.1, 0.15) is 0 Å². The fourth-order valence-corrected chi connectivity index (χ4v) is 5.30. The number of amides is 1. The number of nitrogens with zero attached hydrogens (tertiary/aromatic N) is 2. The lowest BCUT2D eigenvalue weighted by Gasteiger charge is -2.22. The Labute approximate surface area is 238 Å². The second-order valence-corrected chi connectivity index (χ2v) is 10.4. The van der Waals surface area contributed by atoms with Crippen LogP contribution in [0.15, 0.2) is 76.6 Å². The van der Waals surface area contributed by atoms with Crippen LogP contribution in [0.5, 0.6) is 0 Å². The van der Waals surface area contributed by atoms with E-state index in [2.05, 4.69) is 10.1 Å². The number of carbonyl (C=O) groups excluding carboxylic acids is 1. The van der Waals surface area contributed by atoms with E-state index >= 15 is 0 Å². The molecule has 1 aromatic heterocycles. The van der Waals surface area contributed by atoms with Gasteiger partial charge in [-0.05, 0) is 47.9 Å². The van der Waals surface area contributed by atoms with Gasteiger partial charge in [0, 0.05) is 40.8 Å². The van der Waals surface area contributed by atoms with E-state index in [-0.39, 0.29) is 37.1 Å². The number of rotatable bonds is 7. The number of aromatic amines is 1. The van der Waals surface area contributed by atoms with Gasteiger partial charge >= 0.3 is 5.97 Å². The number of aromatic nitrogens is 1. The van der Waals surface area contributed by atoms with Gasteiger partial charge < -0.3 is 10.1 Å². The number of H-pyrrole nitrogens is 1. The van der Waals surface area contributed by atoms with Crippen molar-refractivity contribution in [2.24, 2.45) is 5.10 Å². The summed E-state index contributed by atoms with van der Waals surface area (Å²) in [4.78, 5) is 40.8. The lowest BCUT2D eigenvalue weighted by Crippen LogP contribution is -2.27. The Morgan fingerprint density at radius 3 is 2.44 bits per heavy atom. The molecule has 2 N–H and O–H groups in total. The van der Waals surface area contributed by atoms with Gasteiger partial charge in [-0.2, -0.15) is 5.10 Å². The summed E-state index contributed by atoms with van der Waals surface area (Å²) in [6, 6.07) is 19.2. The summed E-state index contributed by atoms with van der Waals surface area (Å²) in [5, 5.41) is 16.9. The summed E-state index contributed by atoms with van der Waals surface area (Å²) >= 11 is 18.8. The molecule has 0 unspecified atom stereocenters. The molecule has 0 saturated heterocycles. The average Bonchev–Trinajstić information content (AvgIpc) is 3.35. The van der Waals surface area contributed by atoms with Crippen molar-refractivity contribution < 1.29 is 14.7 Å². The molecule has 10 heteroatoms. The fraction of sp³-hybridized carbons (Fsp3) is 0.172. The van der Waals surface area contributed by atoms with Crippen LogP contribution in [0.1, 0.15) is 42.9 Å². The monoisotopic (exact) mass is 581 g/mol. The Morgan fingerprint density at radius 2 is 1.72 bits per heavy atom. The van der Waals surface area contributed by atoms with Gasteiger partial charge in [-0.15, -0.1) is 0 Å². The number of hydrogen-bond acceptors (Lipinski definition) is 4. The summed E-state index contributed by atoms with van der Waals surface area (Å²) in [5.74, 6) is -1.34. The SMILES string of the molecule is O=C(O)CCCC(=O)N1N=C(c2c(-c3ccccc3)c3cc(Cl)ccc3[nH]c2=O)C[C@@H]1c1ccc(Cl)c(Cl)c1. The summed E-state index contributed by atoms with van der Waals surface area (Å²) < 4.78 is 0. The zero-order valence-corrected chi connectivity index (χ0v) is 22.7. The lowest BCUT2D eigenvalue weighted by atomic mass is 9.91. The molecule has 3 aromatic carbocycles. The Hall–Kier alpha value is -3.65. The van der Waals surface area contributed by atoms with Gasteiger partial charge in [0.25, 0.3) is 5.56 Å². The van der Waals surface area contributed by atoms with Crippen molar-refractivity contribution in [3.8, 4) is 11.1 Å². The van der Waals surface area contributed by atoms with E-state index in [0.717, 1.165) is 10.9 Å². The molecule has 0 saturated carbocycles. The predicted octanol–water partition coefficient (Wildman–Crippen LogP) is 7.09. The summed E-state index contributed by atoms with van der Waals surface area (Å²) in [6.45, 7) is 0. The largest absolute Gasteiger partial charge is 0.481 e. The van der Waals surface area contributed by atoms with Crippen LogP contribution < -0.4 is 5.56 Å². The Morgan fingerprint density at radius 1 is 0.949 bits per heavy atom. The van der Waals surface area contributed by atoms with E-state index in [1.807, 2.05) is 30.3 Å². The lowest BCUT2D eigenvalue weighted by molar-refractivity contribution is -0.137. The van der Waals surface area contributed by atoms with Crippen molar-refractivity contribution in [1.82, 2.24) is 9.99 Å². The molecule has 1 amide bonds. The Kier molecular flexibility index (Phi) is 7.75. The maximum Gasteiger partial charge on any atom is 0.303 e. The van der Waals surface area contributed by atoms with Gasteiger partial charge in [0.15, 0.2) is 0 Å². The molecule has 0 bridgehead atoms. The number of benzene rings is 3. The van der Waals surface area contributed by atoms with Crippen LogP contribution >= 0.6 is 34.8 Å². The van der Waals surface area contributed by atoms with Crippen molar-refractivity contribution in [2.45, 2.75) is 31.7 Å². The zero-order chi connectivity index (χ0) is 27.7. The molecule has 4 aromatic rings. The van der Waals surface area contributed by atoms with Gasteiger partial charge in [0.2, 0.25) is 5.91 Å². The number of nitrogens with one attached hydrogen (secondary N) is 1. The van der Waals surface area contributed by atoms with Crippen LogP contribution in [0, 0.1) is 0 Å². The number of carboxylic acids is 1. The number of fused-ring (bicyclic) bond motifs is 1. The smallest absolute Gasteiger partial charge is 0.303 e. The molecule has 39 heavy (non-hydrogen) atoms. The molecule has 198 valence electrons. The highest BCUT2D eigenvalue weighted by atomic mass is 35.5. The number of pyridine rings is 1. The second kappa shape index (κ2) is 11.2. The number of aliphatic carboxylic acids is 1. The Balaban J connectivity index is 1.67. The van der Waals surface area contributed by atoms with Crippen molar-refractivity contribution in [2.75, 3.05) is 0 Å². The molecule has 0 aliphatic carbocycles. The third kappa shape index (κ3) is 5.57. The number of hydrazone groups is 1. The molecule has 1 aliphatic rings. The van der Waals surface area contributed by atoms with Gasteiger partial charge in [0.05, 0.1) is 27.4 Å². The fourth-order valence-electron chi connectivity index (χ4n) is 4.82. The molecule has 7 nitrogen and oxygen atoms in total. The molecule has 5 rings (SSSR count). The Bertz CT molecular complexity index is 1690. The van der Waals surface area contributed by atoms with Crippen molar-refractivity contribution >= 4 is 63.3 Å². The van der Waals surface area contributed by atoms with Gasteiger partial charge in [-0.1, -0.05) is 71.2 Å². The maximum atomic E-state index is 13.6. The van der Waals surface area contributed by atoms with E-state index < -0.39 is 12.0 Å². The van der Waals surface area contributed by atoms with Crippen LogP contribution in [-0.2, 0) is 9.59 Å². The normalized spacial score (nSPS) is 15.0. The molecule has 2 heterocycles. The maximum absolute atomic E-state index is 13.6. The van der Waals surface area contributed by atoms with Gasteiger partial charge in [-0.25, -0.2) is 5.01 Å². The van der Waals surface area contributed by atoms with Crippen LogP contribution in [0.3, 0.4) is 0 Å². The molecule has 0 radical (unpaired) electrons. The van der Waals surface area contributed by atoms with E-state index in [4.69, 9.17) is 39.9 Å². The number of carbonyl (C=O) groups is 2. The zero-order valence-electron chi connectivity index (χ0n) is 20.5. The molecule has 0 fully saturated rings. The topological polar surface area (TPSA) is 103 Å². The highest BCUT2D eigenvalue weighted by Gasteiger charge is 2.35. The third-order valence-electron chi connectivity index (χ3n) is 6.60. The van der Waals surface area contributed by atoms with Gasteiger partial charge in [-0.3, -0.25) is 14.4 Å². The quantitative estimate of drug-likeness (QED) is 0.243. The van der Waals surface area contributed by atoms with Crippen LogP contribution in [0.2, 0.25) is 15.1 Å². The van der Waals surface area contributed by atoms with E-state index in [9.17, 15) is 14.4 Å². The summed E-state index contributed by atoms with van der Waals surface area (Å²) in [7, 11) is 0. The minimum atomic E-state index is -0.983. The highest BCUT2D eigenvalue weighted by Crippen LogP contribution is 2.39. The first kappa shape index (κ1) is 26.9. The van der Waals surface area contributed by atoms with E-state index in [1.54, 1.807) is 36.4 Å². The summed E-state index contributed by atoms with van der Waals surface area (Å²) in [6.07, 6.45) is 0.235. The minimum Gasteiger partial charge on any atom is -0.481 e. The van der Waals surface area contributed by atoms with Crippen LogP contribution in [0.4, 0.5) is 0 Å². The standard InChI is InChI=1S/C29H22Cl3N3O4/c30-18-10-12-22-19(14-18)27(16-5-2-1-3-6-16)28(29(39)33-22)23-15-24(17-9-11-20(31)21(32)13-17)35(34-23)25(36)7-4-8-26(37)38/h1-3,5-6,9-14,24H,4,7-8,15H2,(H,33,39)(H,37,38)/t24-/m1/s1. The number of hydrogen-bond donors (Lipinski definition) is 2. The van der Waals surface area contributed by atoms with Crippen molar-refractivity contribution in [3.63, 3.8) is 0 Å². The first-order valence-corrected chi connectivity index (χ1v) is 13.3. The number of carboxylic acid groups (broad SMARTS) is 1. The van der Waals surface area contributed by atoms with Crippen molar-refractivity contribution in [1.29, 1.82) is 0 Å². The van der Waals surface area contributed by atoms with Crippen LogP contribution in [0.25, 0.3) is 22.0 Å². The minimum absolute atomic E-state index is 0.0177. The molecule has 1 atom stereocenters. The first-order chi connectivity index (χ1) is 18.7. The third-order valence-corrected chi connectivity index (χ3v) is 7.58. The summed E-state index contributed by atoms with van der Waals surface area (Å²) in [5.41, 5.74) is 3.16. The molecular formula is C29H22Cl3N3O4. The first-order valence-electron chi connectivity index (χ1n) is 12.2. The predicted molar refractivity (Wildman–Crippen MR) is 154 cm³/mol. The second-order valence-electron chi connectivity index (χ2n) is 9.19. The molecular weight excluding hydrogens is 561 g/mol. The average molecular weight is 583 g/mol. The molecule has 0 spiro atoms. The van der Waals surface area contributed by atoms with Crippen LogP contribution in [-0.4, -0.2) is 32.7 Å². The molecule has 1 aliphatic heterocycles. The highest BCUT2D eigenvalue weighted by molar-refractivity contribution is 6.42. The van der Waals surface area contributed by atoms with E-state index in [1.165, 1.54) is 5.01 Å².